The first kappa shape index (κ1) is 10.7. The van der Waals surface area contributed by atoms with Gasteiger partial charge < -0.3 is 5.73 Å². The summed E-state index contributed by atoms with van der Waals surface area (Å²) in [6.45, 7) is 4.07. The summed E-state index contributed by atoms with van der Waals surface area (Å²) < 4.78 is 0. The Morgan fingerprint density at radius 3 is 2.75 bits per heavy atom. The highest BCUT2D eigenvalue weighted by atomic mass is 15.2. The zero-order valence-electron chi connectivity index (χ0n) is 9.25. The smallest absolute Gasteiger partial charge is 0.201 e. The lowest BCUT2D eigenvalue weighted by Gasteiger charge is -2.10. The topological polar surface area (TPSA) is 93.4 Å². The average molecular weight is 218 g/mol. The molecule has 3 N–H and O–H groups in total. The molecule has 2 aromatic rings. The van der Waals surface area contributed by atoms with Crippen LogP contribution in [-0.4, -0.2) is 25.1 Å². The minimum Gasteiger partial charge on any atom is -0.321 e. The van der Waals surface area contributed by atoms with E-state index in [2.05, 4.69) is 25.1 Å². The Balaban J connectivity index is 2.27. The van der Waals surface area contributed by atoms with E-state index in [1.54, 1.807) is 18.6 Å². The Morgan fingerprint density at radius 2 is 2.12 bits per heavy atom. The summed E-state index contributed by atoms with van der Waals surface area (Å²) >= 11 is 0. The maximum atomic E-state index is 5.96. The molecule has 6 nitrogen and oxygen atoms in total. The zero-order chi connectivity index (χ0) is 11.5. The van der Waals surface area contributed by atoms with Gasteiger partial charge in [-0.15, -0.1) is 0 Å². The van der Waals surface area contributed by atoms with Crippen molar-refractivity contribution in [3.8, 4) is 11.5 Å². The van der Waals surface area contributed by atoms with E-state index in [0.717, 1.165) is 0 Å². The Labute approximate surface area is 93.3 Å². The van der Waals surface area contributed by atoms with E-state index in [4.69, 9.17) is 5.73 Å². The standard InChI is InChI=1S/C10H14N6/c1-6(2)8(11)10-14-9(15-16-10)7-5-12-3-4-13-7/h3-6,8H,11H2,1-2H3,(H,14,15,16). The van der Waals surface area contributed by atoms with Crippen molar-refractivity contribution < 1.29 is 0 Å². The van der Waals surface area contributed by atoms with Crippen molar-refractivity contribution >= 4 is 0 Å². The number of hydrogen-bond acceptors (Lipinski definition) is 5. The van der Waals surface area contributed by atoms with E-state index in [9.17, 15) is 0 Å². The quantitative estimate of drug-likeness (QED) is 0.798. The highest BCUT2D eigenvalue weighted by Gasteiger charge is 2.16. The second kappa shape index (κ2) is 4.36. The first-order valence-corrected chi connectivity index (χ1v) is 5.12. The van der Waals surface area contributed by atoms with Gasteiger partial charge in [0.05, 0.1) is 12.2 Å². The molecule has 0 saturated heterocycles. The van der Waals surface area contributed by atoms with Crippen LogP contribution in [0.25, 0.3) is 11.5 Å². The summed E-state index contributed by atoms with van der Waals surface area (Å²) in [5.41, 5.74) is 6.60. The highest BCUT2D eigenvalue weighted by Crippen LogP contribution is 2.17. The molecule has 2 heterocycles. The van der Waals surface area contributed by atoms with E-state index in [0.29, 0.717) is 23.3 Å². The van der Waals surface area contributed by atoms with Gasteiger partial charge in [-0.05, 0) is 5.92 Å². The van der Waals surface area contributed by atoms with Crippen molar-refractivity contribution in [3.05, 3.63) is 24.4 Å². The number of H-pyrrole nitrogens is 1. The highest BCUT2D eigenvalue weighted by molar-refractivity contribution is 5.45. The van der Waals surface area contributed by atoms with Gasteiger partial charge in [0.1, 0.15) is 11.5 Å². The molecule has 0 aliphatic rings. The fraction of sp³-hybridized carbons (Fsp3) is 0.400. The maximum Gasteiger partial charge on any atom is 0.201 e. The number of nitrogens with two attached hydrogens (primary N) is 1. The average Bonchev–Trinajstić information content (AvgIpc) is 2.78. The van der Waals surface area contributed by atoms with Crippen LogP contribution in [0.15, 0.2) is 18.6 Å². The molecule has 2 aromatic heterocycles. The number of nitrogens with zero attached hydrogens (tertiary/aromatic N) is 4. The normalized spacial score (nSPS) is 13.0. The molecule has 0 aromatic carbocycles. The molecule has 0 aliphatic carbocycles. The van der Waals surface area contributed by atoms with Crippen molar-refractivity contribution in [2.24, 2.45) is 11.7 Å². The summed E-state index contributed by atoms with van der Waals surface area (Å²) in [5.74, 6) is 1.51. The molecule has 2 rings (SSSR count). The summed E-state index contributed by atoms with van der Waals surface area (Å²) in [6.07, 6.45) is 4.83. The molecule has 0 amide bonds. The van der Waals surface area contributed by atoms with Gasteiger partial charge in [0, 0.05) is 12.4 Å². The van der Waals surface area contributed by atoms with Gasteiger partial charge >= 0.3 is 0 Å². The van der Waals surface area contributed by atoms with Crippen LogP contribution in [0.5, 0.6) is 0 Å². The van der Waals surface area contributed by atoms with E-state index >= 15 is 0 Å². The van der Waals surface area contributed by atoms with Crippen molar-refractivity contribution in [1.82, 2.24) is 25.1 Å². The maximum absolute atomic E-state index is 5.96. The van der Waals surface area contributed by atoms with Gasteiger partial charge in [-0.3, -0.25) is 10.1 Å². The van der Waals surface area contributed by atoms with Crippen LogP contribution >= 0.6 is 0 Å². The van der Waals surface area contributed by atoms with Gasteiger partial charge in [0.15, 0.2) is 0 Å². The van der Waals surface area contributed by atoms with Crippen molar-refractivity contribution in [2.45, 2.75) is 19.9 Å². The van der Waals surface area contributed by atoms with E-state index in [-0.39, 0.29) is 6.04 Å². The molecule has 0 fully saturated rings. The van der Waals surface area contributed by atoms with Crippen molar-refractivity contribution in [3.63, 3.8) is 0 Å². The molecule has 0 spiro atoms. The molecular formula is C10H14N6. The number of rotatable bonds is 3. The lowest BCUT2D eigenvalue weighted by Crippen LogP contribution is -2.18. The summed E-state index contributed by atoms with van der Waals surface area (Å²) in [7, 11) is 0. The predicted octanol–water partition coefficient (Wildman–Crippen LogP) is 0.917. The number of hydrogen-bond donors (Lipinski definition) is 2. The molecular weight excluding hydrogens is 204 g/mol. The number of aromatic nitrogens is 5. The van der Waals surface area contributed by atoms with E-state index < -0.39 is 0 Å². The first-order chi connectivity index (χ1) is 7.68. The van der Waals surface area contributed by atoms with Gasteiger partial charge in [-0.25, -0.2) is 9.97 Å². The molecule has 84 valence electrons. The Bertz CT molecular complexity index is 449. The van der Waals surface area contributed by atoms with Crippen LogP contribution in [0.1, 0.15) is 25.7 Å². The molecule has 0 aliphatic heterocycles. The largest absolute Gasteiger partial charge is 0.321 e. The van der Waals surface area contributed by atoms with Crippen LogP contribution in [0.4, 0.5) is 0 Å². The Hall–Kier alpha value is -1.82. The molecule has 0 radical (unpaired) electrons. The Kier molecular flexibility index (Phi) is 2.91. The third kappa shape index (κ3) is 2.06. The van der Waals surface area contributed by atoms with Gasteiger partial charge in [0.25, 0.3) is 0 Å². The van der Waals surface area contributed by atoms with Crippen LogP contribution < -0.4 is 5.73 Å². The molecule has 16 heavy (non-hydrogen) atoms. The van der Waals surface area contributed by atoms with Crippen LogP contribution in [0.2, 0.25) is 0 Å². The van der Waals surface area contributed by atoms with Gasteiger partial charge in [0.2, 0.25) is 5.82 Å². The van der Waals surface area contributed by atoms with Crippen LogP contribution in [0.3, 0.4) is 0 Å². The fourth-order valence-electron chi connectivity index (χ4n) is 1.27. The molecule has 1 unspecified atom stereocenters. The van der Waals surface area contributed by atoms with Crippen molar-refractivity contribution in [1.29, 1.82) is 0 Å². The van der Waals surface area contributed by atoms with Gasteiger partial charge in [-0.2, -0.15) is 5.10 Å². The predicted molar refractivity (Wildman–Crippen MR) is 59.2 cm³/mol. The summed E-state index contributed by atoms with van der Waals surface area (Å²) in [4.78, 5) is 12.4. The first-order valence-electron chi connectivity index (χ1n) is 5.12. The molecule has 6 heteroatoms. The summed E-state index contributed by atoms with van der Waals surface area (Å²) in [6, 6.07) is -0.141. The van der Waals surface area contributed by atoms with Crippen LogP contribution in [0, 0.1) is 5.92 Å². The van der Waals surface area contributed by atoms with E-state index in [1.165, 1.54) is 0 Å². The third-order valence-corrected chi connectivity index (χ3v) is 2.33. The second-order valence-corrected chi connectivity index (χ2v) is 3.90. The molecule has 0 saturated carbocycles. The van der Waals surface area contributed by atoms with Crippen LogP contribution in [-0.2, 0) is 0 Å². The second-order valence-electron chi connectivity index (χ2n) is 3.90. The number of nitrogens with one attached hydrogen (secondary N) is 1. The minimum atomic E-state index is -0.141. The van der Waals surface area contributed by atoms with Gasteiger partial charge in [-0.1, -0.05) is 13.8 Å². The summed E-state index contributed by atoms with van der Waals surface area (Å²) in [5, 5.41) is 6.90. The number of aromatic amines is 1. The molecule has 0 bridgehead atoms. The third-order valence-electron chi connectivity index (χ3n) is 2.33. The van der Waals surface area contributed by atoms with E-state index in [1.807, 2.05) is 13.8 Å². The SMILES string of the molecule is CC(C)C(N)c1nc(-c2cnccn2)n[nH]1. The Morgan fingerprint density at radius 1 is 1.31 bits per heavy atom. The minimum absolute atomic E-state index is 0.141. The molecule has 1 atom stereocenters. The van der Waals surface area contributed by atoms with Crippen molar-refractivity contribution in [2.75, 3.05) is 0 Å². The zero-order valence-corrected chi connectivity index (χ0v) is 9.25. The lowest BCUT2D eigenvalue weighted by atomic mass is 10.1. The monoisotopic (exact) mass is 218 g/mol. The lowest BCUT2D eigenvalue weighted by molar-refractivity contribution is 0.492. The fourth-order valence-corrected chi connectivity index (χ4v) is 1.27.